The zero-order valence-corrected chi connectivity index (χ0v) is 8.12. The highest BCUT2D eigenvalue weighted by molar-refractivity contribution is 4.88. The predicted octanol–water partition coefficient (Wildman–Crippen LogP) is 1.65. The van der Waals surface area contributed by atoms with Gasteiger partial charge in [0.2, 0.25) is 0 Å². The van der Waals surface area contributed by atoms with E-state index in [2.05, 4.69) is 18.9 Å². The molecule has 2 nitrogen and oxygen atoms in total. The fraction of sp³-hybridized carbons (Fsp3) is 1.00. The second-order valence-electron chi connectivity index (χ2n) is 4.24. The molecule has 1 heterocycles. The summed E-state index contributed by atoms with van der Waals surface area (Å²) in [7, 11) is 2.25. The molecule has 12 heavy (non-hydrogen) atoms. The van der Waals surface area contributed by atoms with Gasteiger partial charge in [-0.3, -0.25) is 4.90 Å². The summed E-state index contributed by atoms with van der Waals surface area (Å²) in [6.45, 7) is 3.18. The zero-order chi connectivity index (χ0) is 8.55. The van der Waals surface area contributed by atoms with E-state index in [0.717, 1.165) is 6.61 Å². The molecule has 0 radical (unpaired) electrons. The average molecular weight is 169 g/mol. The van der Waals surface area contributed by atoms with Crippen LogP contribution in [0.25, 0.3) is 0 Å². The van der Waals surface area contributed by atoms with Crippen LogP contribution >= 0.6 is 0 Å². The molecule has 1 aliphatic heterocycles. The maximum absolute atomic E-state index is 5.82. The molecule has 0 aromatic carbocycles. The molecule has 0 aromatic heterocycles. The van der Waals surface area contributed by atoms with Crippen molar-refractivity contribution in [3.05, 3.63) is 0 Å². The number of ether oxygens (including phenoxy) is 1. The van der Waals surface area contributed by atoms with Crippen LogP contribution in [0.1, 0.15) is 32.6 Å². The van der Waals surface area contributed by atoms with Crippen LogP contribution in [0.2, 0.25) is 0 Å². The van der Waals surface area contributed by atoms with Gasteiger partial charge < -0.3 is 4.74 Å². The molecule has 70 valence electrons. The van der Waals surface area contributed by atoms with Crippen LogP contribution in [0.4, 0.5) is 0 Å². The van der Waals surface area contributed by atoms with Crippen molar-refractivity contribution in [3.8, 4) is 0 Å². The molecule has 1 saturated carbocycles. The second-order valence-corrected chi connectivity index (χ2v) is 4.24. The van der Waals surface area contributed by atoms with E-state index < -0.39 is 0 Å². The number of fused-ring (bicyclic) bond motifs is 1. The highest BCUT2D eigenvalue weighted by Gasteiger charge is 2.35. The summed E-state index contributed by atoms with van der Waals surface area (Å²) >= 11 is 0. The number of rotatable bonds is 0. The van der Waals surface area contributed by atoms with Gasteiger partial charge in [0, 0.05) is 12.1 Å². The summed E-state index contributed by atoms with van der Waals surface area (Å²) in [5.41, 5.74) is 0. The van der Waals surface area contributed by atoms with Crippen molar-refractivity contribution in [2.24, 2.45) is 0 Å². The monoisotopic (exact) mass is 169 g/mol. The molecule has 0 spiro atoms. The van der Waals surface area contributed by atoms with E-state index in [1.807, 2.05) is 0 Å². The van der Waals surface area contributed by atoms with Crippen molar-refractivity contribution in [2.75, 3.05) is 13.7 Å². The number of hydrogen-bond acceptors (Lipinski definition) is 2. The van der Waals surface area contributed by atoms with E-state index in [4.69, 9.17) is 4.74 Å². The van der Waals surface area contributed by atoms with Crippen LogP contribution in [-0.4, -0.2) is 36.7 Å². The van der Waals surface area contributed by atoms with E-state index in [0.29, 0.717) is 18.2 Å². The third-order valence-corrected chi connectivity index (χ3v) is 3.44. The molecule has 2 fully saturated rings. The lowest BCUT2D eigenvalue weighted by Crippen LogP contribution is -2.54. The number of likely N-dealkylation sites (N-methyl/N-ethyl adjacent to an activating group) is 1. The number of nitrogens with zero attached hydrogens (tertiary/aromatic N) is 1. The normalized spacial score (nSPS) is 44.0. The van der Waals surface area contributed by atoms with E-state index in [1.54, 1.807) is 0 Å². The minimum absolute atomic E-state index is 0.542. The second kappa shape index (κ2) is 3.35. The third-order valence-electron chi connectivity index (χ3n) is 3.44. The lowest BCUT2D eigenvalue weighted by Gasteiger charge is -2.45. The van der Waals surface area contributed by atoms with Gasteiger partial charge in [0.1, 0.15) is 0 Å². The van der Waals surface area contributed by atoms with Crippen LogP contribution in [0.5, 0.6) is 0 Å². The molecule has 0 N–H and O–H groups in total. The minimum Gasteiger partial charge on any atom is -0.375 e. The lowest BCUT2D eigenvalue weighted by molar-refractivity contribution is -0.104. The molecule has 1 aliphatic carbocycles. The largest absolute Gasteiger partial charge is 0.375 e. The molecule has 0 aromatic rings. The quantitative estimate of drug-likeness (QED) is 0.546. The lowest BCUT2D eigenvalue weighted by atomic mass is 9.89. The third kappa shape index (κ3) is 1.38. The Bertz CT molecular complexity index is 158. The Morgan fingerprint density at radius 3 is 2.83 bits per heavy atom. The molecule has 2 aliphatic rings. The van der Waals surface area contributed by atoms with Crippen LogP contribution in [-0.2, 0) is 4.74 Å². The Hall–Kier alpha value is -0.0800. The smallest absolute Gasteiger partial charge is 0.0731 e. The fourth-order valence-corrected chi connectivity index (χ4v) is 2.44. The molecule has 2 heteroatoms. The SMILES string of the molecule is CC1COC2CCCCC2N1C. The standard InChI is InChI=1S/C10H19NO/c1-8-7-12-10-6-4-3-5-9(10)11(8)2/h8-10H,3-7H2,1-2H3. The highest BCUT2D eigenvalue weighted by Crippen LogP contribution is 2.29. The molecule has 1 saturated heterocycles. The molecular weight excluding hydrogens is 150 g/mol. The molecule has 3 atom stereocenters. The summed E-state index contributed by atoms with van der Waals surface area (Å²) in [5.74, 6) is 0. The van der Waals surface area contributed by atoms with Crippen LogP contribution in [0, 0.1) is 0 Å². The van der Waals surface area contributed by atoms with Gasteiger partial charge in [0.05, 0.1) is 12.7 Å². The van der Waals surface area contributed by atoms with Gasteiger partial charge >= 0.3 is 0 Å². The van der Waals surface area contributed by atoms with E-state index >= 15 is 0 Å². The van der Waals surface area contributed by atoms with Gasteiger partial charge in [-0.15, -0.1) is 0 Å². The Kier molecular flexibility index (Phi) is 2.37. The van der Waals surface area contributed by atoms with Crippen LogP contribution in [0.15, 0.2) is 0 Å². The van der Waals surface area contributed by atoms with Crippen molar-refractivity contribution in [1.82, 2.24) is 4.90 Å². The minimum atomic E-state index is 0.542. The summed E-state index contributed by atoms with van der Waals surface area (Å²) < 4.78 is 5.82. The molecule has 0 amide bonds. The van der Waals surface area contributed by atoms with Crippen molar-refractivity contribution in [1.29, 1.82) is 0 Å². The summed E-state index contributed by atoms with van der Waals surface area (Å²) in [5, 5.41) is 0. The van der Waals surface area contributed by atoms with Gasteiger partial charge in [0.15, 0.2) is 0 Å². The number of morpholine rings is 1. The zero-order valence-electron chi connectivity index (χ0n) is 8.12. The Labute approximate surface area is 74.9 Å². The van der Waals surface area contributed by atoms with E-state index in [1.165, 1.54) is 25.7 Å². The maximum atomic E-state index is 5.82. The topological polar surface area (TPSA) is 12.5 Å². The van der Waals surface area contributed by atoms with Gasteiger partial charge in [-0.05, 0) is 26.8 Å². The van der Waals surface area contributed by atoms with Crippen molar-refractivity contribution in [3.63, 3.8) is 0 Å². The number of hydrogen-bond donors (Lipinski definition) is 0. The summed E-state index contributed by atoms with van der Waals surface area (Å²) in [4.78, 5) is 2.51. The Morgan fingerprint density at radius 1 is 1.25 bits per heavy atom. The van der Waals surface area contributed by atoms with Gasteiger partial charge in [0.25, 0.3) is 0 Å². The first-order valence-electron chi connectivity index (χ1n) is 5.12. The first-order chi connectivity index (χ1) is 5.79. The molecule has 0 bridgehead atoms. The highest BCUT2D eigenvalue weighted by atomic mass is 16.5. The first kappa shape index (κ1) is 8.52. The Morgan fingerprint density at radius 2 is 2.00 bits per heavy atom. The average Bonchev–Trinajstić information content (AvgIpc) is 2.12. The van der Waals surface area contributed by atoms with Gasteiger partial charge in [-0.2, -0.15) is 0 Å². The van der Waals surface area contributed by atoms with Crippen LogP contribution in [0.3, 0.4) is 0 Å². The van der Waals surface area contributed by atoms with E-state index in [9.17, 15) is 0 Å². The maximum Gasteiger partial charge on any atom is 0.0731 e. The van der Waals surface area contributed by atoms with Crippen molar-refractivity contribution < 1.29 is 4.74 Å². The first-order valence-corrected chi connectivity index (χ1v) is 5.12. The van der Waals surface area contributed by atoms with Gasteiger partial charge in [-0.25, -0.2) is 0 Å². The summed E-state index contributed by atoms with van der Waals surface area (Å²) in [6.07, 6.45) is 5.91. The van der Waals surface area contributed by atoms with Crippen molar-refractivity contribution >= 4 is 0 Å². The van der Waals surface area contributed by atoms with Crippen LogP contribution < -0.4 is 0 Å². The van der Waals surface area contributed by atoms with Gasteiger partial charge in [-0.1, -0.05) is 12.8 Å². The molecule has 2 rings (SSSR count). The van der Waals surface area contributed by atoms with Crippen molar-refractivity contribution in [2.45, 2.75) is 50.8 Å². The fourth-order valence-electron chi connectivity index (χ4n) is 2.44. The predicted molar refractivity (Wildman–Crippen MR) is 49.2 cm³/mol. The molecule has 3 unspecified atom stereocenters. The Balaban J connectivity index is 2.03. The summed E-state index contributed by atoms with van der Waals surface area (Å²) in [6, 6.07) is 1.33. The molecular formula is C10H19NO. The van der Waals surface area contributed by atoms with E-state index in [-0.39, 0.29) is 0 Å².